The van der Waals surface area contributed by atoms with E-state index in [2.05, 4.69) is 9.97 Å². The van der Waals surface area contributed by atoms with Gasteiger partial charge in [-0.2, -0.15) is 0 Å². The molecule has 0 radical (unpaired) electrons. The Labute approximate surface area is 80.9 Å². The van der Waals surface area contributed by atoms with E-state index in [9.17, 15) is 0 Å². The van der Waals surface area contributed by atoms with Gasteiger partial charge in [-0.3, -0.25) is 0 Å². The zero-order valence-corrected chi connectivity index (χ0v) is 7.68. The van der Waals surface area contributed by atoms with Crippen molar-refractivity contribution in [3.05, 3.63) is 35.7 Å². The van der Waals surface area contributed by atoms with Crippen LogP contribution in [0.3, 0.4) is 0 Å². The maximum Gasteiger partial charge on any atom is 0.180 e. The SMILES string of the molecule is Cc1nc2ncccc2cc1C(O)O. The lowest BCUT2D eigenvalue weighted by Crippen LogP contribution is -2.01. The molecule has 0 amide bonds. The number of pyridine rings is 2. The molecule has 0 aliphatic heterocycles. The highest BCUT2D eigenvalue weighted by molar-refractivity contribution is 5.75. The van der Waals surface area contributed by atoms with Gasteiger partial charge in [-0.05, 0) is 25.1 Å². The molecule has 0 unspecified atom stereocenters. The third-order valence-corrected chi connectivity index (χ3v) is 2.10. The molecular weight excluding hydrogens is 180 g/mol. The van der Waals surface area contributed by atoms with Crippen molar-refractivity contribution >= 4 is 11.0 Å². The molecule has 2 heterocycles. The molecule has 2 aromatic rings. The number of fused-ring (bicyclic) bond motifs is 1. The van der Waals surface area contributed by atoms with Gasteiger partial charge in [-0.15, -0.1) is 0 Å². The second-order valence-electron chi connectivity index (χ2n) is 3.09. The summed E-state index contributed by atoms with van der Waals surface area (Å²) in [4.78, 5) is 8.23. The van der Waals surface area contributed by atoms with Crippen LogP contribution >= 0.6 is 0 Å². The average molecular weight is 190 g/mol. The highest BCUT2D eigenvalue weighted by Gasteiger charge is 2.09. The van der Waals surface area contributed by atoms with Gasteiger partial charge in [-0.1, -0.05) is 0 Å². The van der Waals surface area contributed by atoms with Crippen molar-refractivity contribution in [2.75, 3.05) is 0 Å². The van der Waals surface area contributed by atoms with Crippen LogP contribution in [0.2, 0.25) is 0 Å². The molecule has 0 atom stereocenters. The van der Waals surface area contributed by atoms with Crippen LogP contribution in [0.15, 0.2) is 24.4 Å². The highest BCUT2D eigenvalue weighted by Crippen LogP contribution is 2.18. The number of aromatic nitrogens is 2. The molecule has 0 aliphatic rings. The zero-order valence-electron chi connectivity index (χ0n) is 7.68. The Kier molecular flexibility index (Phi) is 2.15. The average Bonchev–Trinajstić information content (AvgIpc) is 2.16. The number of hydrogen-bond acceptors (Lipinski definition) is 4. The van der Waals surface area contributed by atoms with Gasteiger partial charge in [0, 0.05) is 22.8 Å². The van der Waals surface area contributed by atoms with E-state index in [4.69, 9.17) is 10.2 Å². The molecule has 0 spiro atoms. The van der Waals surface area contributed by atoms with Crippen LogP contribution in [-0.2, 0) is 0 Å². The minimum absolute atomic E-state index is 0.422. The van der Waals surface area contributed by atoms with Crippen molar-refractivity contribution in [1.82, 2.24) is 9.97 Å². The van der Waals surface area contributed by atoms with Crippen LogP contribution in [0.25, 0.3) is 11.0 Å². The van der Waals surface area contributed by atoms with E-state index in [-0.39, 0.29) is 0 Å². The Bertz CT molecular complexity index is 469. The van der Waals surface area contributed by atoms with Crippen molar-refractivity contribution in [1.29, 1.82) is 0 Å². The van der Waals surface area contributed by atoms with E-state index < -0.39 is 6.29 Å². The first-order chi connectivity index (χ1) is 6.68. The summed E-state index contributed by atoms with van der Waals surface area (Å²) in [5, 5.41) is 18.9. The molecule has 2 N–H and O–H groups in total. The Hall–Kier alpha value is -1.52. The van der Waals surface area contributed by atoms with Crippen molar-refractivity contribution in [2.24, 2.45) is 0 Å². The Morgan fingerprint density at radius 1 is 1.36 bits per heavy atom. The minimum Gasteiger partial charge on any atom is -0.364 e. The number of aliphatic hydroxyl groups is 2. The Morgan fingerprint density at radius 2 is 2.14 bits per heavy atom. The third-order valence-electron chi connectivity index (χ3n) is 2.10. The summed E-state index contributed by atoms with van der Waals surface area (Å²) >= 11 is 0. The molecule has 2 rings (SSSR count). The summed E-state index contributed by atoms with van der Waals surface area (Å²) in [6, 6.07) is 5.31. The molecule has 4 heteroatoms. The first-order valence-corrected chi connectivity index (χ1v) is 4.27. The molecule has 4 nitrogen and oxygen atoms in total. The standard InChI is InChI=1S/C10H10N2O2/c1-6-8(10(13)14)5-7-3-2-4-11-9(7)12-6/h2-5,10,13-14H,1H3. The molecule has 72 valence electrons. The van der Waals surface area contributed by atoms with Crippen LogP contribution in [0.5, 0.6) is 0 Å². The van der Waals surface area contributed by atoms with Gasteiger partial charge in [-0.25, -0.2) is 9.97 Å². The van der Waals surface area contributed by atoms with Crippen molar-refractivity contribution < 1.29 is 10.2 Å². The molecule has 2 aromatic heterocycles. The lowest BCUT2D eigenvalue weighted by Gasteiger charge is -2.07. The van der Waals surface area contributed by atoms with Gasteiger partial charge in [0.15, 0.2) is 11.9 Å². The van der Waals surface area contributed by atoms with E-state index in [0.29, 0.717) is 16.9 Å². The Morgan fingerprint density at radius 3 is 2.86 bits per heavy atom. The van der Waals surface area contributed by atoms with Crippen molar-refractivity contribution in [2.45, 2.75) is 13.2 Å². The molecule has 0 bridgehead atoms. The fourth-order valence-electron chi connectivity index (χ4n) is 1.37. The van der Waals surface area contributed by atoms with Gasteiger partial charge in [0.05, 0.1) is 0 Å². The van der Waals surface area contributed by atoms with Gasteiger partial charge in [0.1, 0.15) is 0 Å². The monoisotopic (exact) mass is 190 g/mol. The number of aliphatic hydroxyl groups excluding tert-OH is 1. The van der Waals surface area contributed by atoms with Gasteiger partial charge in [0.25, 0.3) is 0 Å². The summed E-state index contributed by atoms with van der Waals surface area (Å²) in [6.07, 6.45) is 0.177. The number of nitrogens with zero attached hydrogens (tertiary/aromatic N) is 2. The Balaban J connectivity index is 2.71. The number of hydrogen-bond donors (Lipinski definition) is 2. The quantitative estimate of drug-likeness (QED) is 0.656. The van der Waals surface area contributed by atoms with Crippen molar-refractivity contribution in [3.8, 4) is 0 Å². The summed E-state index contributed by atoms with van der Waals surface area (Å²) in [5.41, 5.74) is 1.63. The fourth-order valence-corrected chi connectivity index (χ4v) is 1.37. The number of aryl methyl sites for hydroxylation is 1. The predicted molar refractivity (Wildman–Crippen MR) is 51.5 cm³/mol. The largest absolute Gasteiger partial charge is 0.364 e. The van der Waals surface area contributed by atoms with Crippen LogP contribution in [0.1, 0.15) is 17.5 Å². The van der Waals surface area contributed by atoms with E-state index in [1.807, 2.05) is 6.07 Å². The van der Waals surface area contributed by atoms with E-state index in [1.54, 1.807) is 25.3 Å². The smallest absolute Gasteiger partial charge is 0.180 e. The molecule has 0 aromatic carbocycles. The lowest BCUT2D eigenvalue weighted by molar-refractivity contribution is -0.0430. The lowest BCUT2D eigenvalue weighted by atomic mass is 10.1. The van der Waals surface area contributed by atoms with Crippen LogP contribution in [0.4, 0.5) is 0 Å². The second-order valence-corrected chi connectivity index (χ2v) is 3.09. The molecule has 0 aliphatic carbocycles. The van der Waals surface area contributed by atoms with E-state index >= 15 is 0 Å². The predicted octanol–water partition coefficient (Wildman–Crippen LogP) is 0.921. The van der Waals surface area contributed by atoms with Crippen LogP contribution < -0.4 is 0 Å². The van der Waals surface area contributed by atoms with Gasteiger partial charge < -0.3 is 10.2 Å². The van der Waals surface area contributed by atoms with Crippen molar-refractivity contribution in [3.63, 3.8) is 0 Å². The number of rotatable bonds is 1. The molecule has 0 fully saturated rings. The first-order valence-electron chi connectivity index (χ1n) is 4.27. The van der Waals surface area contributed by atoms with E-state index in [1.165, 1.54) is 0 Å². The zero-order chi connectivity index (χ0) is 10.1. The maximum absolute atomic E-state index is 9.06. The van der Waals surface area contributed by atoms with E-state index in [0.717, 1.165) is 5.39 Å². The summed E-state index contributed by atoms with van der Waals surface area (Å²) in [6.45, 7) is 1.73. The molecule has 0 saturated heterocycles. The highest BCUT2D eigenvalue weighted by atomic mass is 16.5. The topological polar surface area (TPSA) is 66.2 Å². The first kappa shape index (κ1) is 9.05. The maximum atomic E-state index is 9.06. The normalized spacial score (nSPS) is 11.1. The van der Waals surface area contributed by atoms with Crippen LogP contribution in [0, 0.1) is 6.92 Å². The third kappa shape index (κ3) is 1.45. The summed E-state index contributed by atoms with van der Waals surface area (Å²) < 4.78 is 0. The molecular formula is C10H10N2O2. The van der Waals surface area contributed by atoms with Gasteiger partial charge in [0.2, 0.25) is 0 Å². The molecule has 0 saturated carbocycles. The second kappa shape index (κ2) is 3.32. The summed E-state index contributed by atoms with van der Waals surface area (Å²) in [5.74, 6) is 0. The molecule has 14 heavy (non-hydrogen) atoms. The fraction of sp³-hybridized carbons (Fsp3) is 0.200. The van der Waals surface area contributed by atoms with Crippen LogP contribution in [-0.4, -0.2) is 20.2 Å². The summed E-state index contributed by atoms with van der Waals surface area (Å²) in [7, 11) is 0. The minimum atomic E-state index is -1.48. The van der Waals surface area contributed by atoms with Gasteiger partial charge >= 0.3 is 0 Å².